The third-order valence-electron chi connectivity index (χ3n) is 2.34. The molecule has 0 unspecified atom stereocenters. The van der Waals surface area contributed by atoms with E-state index in [0.29, 0.717) is 6.54 Å². The fourth-order valence-corrected chi connectivity index (χ4v) is 2.14. The Morgan fingerprint density at radius 2 is 2.11 bits per heavy atom. The number of benzene rings is 1. The second-order valence-corrected chi connectivity index (χ2v) is 4.29. The molecular formula is C11H13BrN2O5. The highest BCUT2D eigenvalue weighted by molar-refractivity contribution is 9.10. The van der Waals surface area contributed by atoms with Crippen LogP contribution in [0.15, 0.2) is 10.5 Å². The summed E-state index contributed by atoms with van der Waals surface area (Å²) < 4.78 is 10.3. The van der Waals surface area contributed by atoms with E-state index in [1.807, 2.05) is 0 Å². The third kappa shape index (κ3) is 2.95. The van der Waals surface area contributed by atoms with Crippen LogP contribution in [0.25, 0.3) is 0 Å². The van der Waals surface area contributed by atoms with E-state index in [2.05, 4.69) is 21.2 Å². The molecule has 7 nitrogen and oxygen atoms in total. The van der Waals surface area contributed by atoms with Gasteiger partial charge in [-0.3, -0.25) is 14.9 Å². The molecule has 1 amide bonds. The van der Waals surface area contributed by atoms with Crippen molar-refractivity contribution >= 4 is 27.5 Å². The summed E-state index contributed by atoms with van der Waals surface area (Å²) in [6, 6.07) is 1.39. The van der Waals surface area contributed by atoms with E-state index in [0.717, 1.165) is 0 Å². The summed E-state index contributed by atoms with van der Waals surface area (Å²) in [7, 11) is 2.70. The zero-order chi connectivity index (χ0) is 14.6. The van der Waals surface area contributed by atoms with Crippen molar-refractivity contribution in [3.05, 3.63) is 26.2 Å². The fraction of sp³-hybridized carbons (Fsp3) is 0.364. The molecule has 0 saturated carbocycles. The number of halogens is 1. The Balaban J connectivity index is 3.64. The summed E-state index contributed by atoms with van der Waals surface area (Å²) in [5, 5.41) is 13.6. The standard InChI is InChI=1S/C11H13BrN2O5/c1-4-13-11(15)8-9(14(16)17)6(12)5-7(18-2)10(8)19-3/h5H,4H2,1-3H3,(H,13,15). The van der Waals surface area contributed by atoms with Crippen molar-refractivity contribution in [2.75, 3.05) is 20.8 Å². The number of nitrogens with one attached hydrogen (secondary N) is 1. The Hall–Kier alpha value is -1.83. The molecule has 0 heterocycles. The molecule has 8 heteroatoms. The van der Waals surface area contributed by atoms with Gasteiger partial charge in [-0.15, -0.1) is 0 Å². The lowest BCUT2D eigenvalue weighted by molar-refractivity contribution is -0.386. The highest BCUT2D eigenvalue weighted by Gasteiger charge is 2.31. The average Bonchev–Trinajstić information content (AvgIpc) is 2.36. The number of ether oxygens (including phenoxy) is 2. The summed E-state index contributed by atoms with van der Waals surface area (Å²) in [6.45, 7) is 2.05. The quantitative estimate of drug-likeness (QED) is 0.658. The Labute approximate surface area is 118 Å². The predicted molar refractivity (Wildman–Crippen MR) is 71.9 cm³/mol. The minimum atomic E-state index is -0.642. The molecule has 0 atom stereocenters. The largest absolute Gasteiger partial charge is 0.493 e. The van der Waals surface area contributed by atoms with Crippen molar-refractivity contribution in [2.24, 2.45) is 0 Å². The van der Waals surface area contributed by atoms with Crippen LogP contribution in [0, 0.1) is 10.1 Å². The minimum absolute atomic E-state index is 0.0309. The smallest absolute Gasteiger partial charge is 0.300 e. The Morgan fingerprint density at radius 1 is 1.47 bits per heavy atom. The number of rotatable bonds is 5. The van der Waals surface area contributed by atoms with Crippen molar-refractivity contribution < 1.29 is 19.2 Å². The van der Waals surface area contributed by atoms with Gasteiger partial charge < -0.3 is 14.8 Å². The number of carbonyl (C=O) groups is 1. The second kappa shape index (κ2) is 6.37. The first-order valence-electron chi connectivity index (χ1n) is 5.34. The molecule has 1 aromatic rings. The number of nitrogens with zero attached hydrogens (tertiary/aromatic N) is 1. The molecule has 0 aliphatic rings. The lowest BCUT2D eigenvalue weighted by Crippen LogP contribution is -2.24. The van der Waals surface area contributed by atoms with Crippen LogP contribution in [0.3, 0.4) is 0 Å². The van der Waals surface area contributed by atoms with Crippen LogP contribution in [0.4, 0.5) is 5.69 Å². The molecule has 0 spiro atoms. The second-order valence-electron chi connectivity index (χ2n) is 3.43. The molecule has 0 saturated heterocycles. The van der Waals surface area contributed by atoms with Crippen LogP contribution >= 0.6 is 15.9 Å². The zero-order valence-corrected chi connectivity index (χ0v) is 12.2. The number of carbonyl (C=O) groups excluding carboxylic acids is 1. The van der Waals surface area contributed by atoms with Crippen molar-refractivity contribution in [2.45, 2.75) is 6.92 Å². The molecule has 1 N–H and O–H groups in total. The molecule has 0 aromatic heterocycles. The van der Waals surface area contributed by atoms with Crippen LogP contribution in [-0.4, -0.2) is 31.6 Å². The lowest BCUT2D eigenvalue weighted by atomic mass is 10.1. The molecule has 1 rings (SSSR count). The number of nitro benzene ring substituents is 1. The van der Waals surface area contributed by atoms with Crippen LogP contribution in [0.1, 0.15) is 17.3 Å². The van der Waals surface area contributed by atoms with Gasteiger partial charge in [0.2, 0.25) is 0 Å². The van der Waals surface area contributed by atoms with Crippen molar-refractivity contribution in [3.8, 4) is 11.5 Å². The molecule has 0 bridgehead atoms. The molecule has 0 aliphatic heterocycles. The first-order chi connectivity index (χ1) is 8.97. The summed E-state index contributed by atoms with van der Waals surface area (Å²) in [4.78, 5) is 22.5. The van der Waals surface area contributed by atoms with Gasteiger partial charge in [0, 0.05) is 12.6 Å². The van der Waals surface area contributed by atoms with E-state index >= 15 is 0 Å². The number of methoxy groups -OCH3 is 2. The van der Waals surface area contributed by atoms with Gasteiger partial charge in [-0.1, -0.05) is 0 Å². The SMILES string of the molecule is CCNC(=O)c1c(OC)c(OC)cc(Br)c1[N+](=O)[O-]. The van der Waals surface area contributed by atoms with E-state index in [4.69, 9.17) is 9.47 Å². The first kappa shape index (κ1) is 15.2. The number of hydrogen-bond acceptors (Lipinski definition) is 5. The van der Waals surface area contributed by atoms with Gasteiger partial charge >= 0.3 is 0 Å². The molecule has 0 radical (unpaired) electrons. The van der Waals surface area contributed by atoms with Crippen molar-refractivity contribution in [1.29, 1.82) is 0 Å². The van der Waals surface area contributed by atoms with E-state index in [1.165, 1.54) is 20.3 Å². The maximum absolute atomic E-state index is 12.0. The summed E-state index contributed by atoms with van der Waals surface area (Å²) in [5.41, 5.74) is -0.524. The summed E-state index contributed by atoms with van der Waals surface area (Å²) in [5.74, 6) is -0.324. The van der Waals surface area contributed by atoms with Crippen LogP contribution in [-0.2, 0) is 0 Å². The Morgan fingerprint density at radius 3 is 2.53 bits per heavy atom. The van der Waals surface area contributed by atoms with Gasteiger partial charge in [-0.05, 0) is 22.9 Å². The predicted octanol–water partition coefficient (Wildman–Crippen LogP) is 2.12. The van der Waals surface area contributed by atoms with E-state index in [-0.39, 0.29) is 27.2 Å². The summed E-state index contributed by atoms with van der Waals surface area (Å²) >= 11 is 3.06. The normalized spacial score (nSPS) is 9.89. The maximum Gasteiger partial charge on any atom is 0.300 e. The van der Waals surface area contributed by atoms with Gasteiger partial charge in [0.25, 0.3) is 11.6 Å². The monoisotopic (exact) mass is 332 g/mol. The fourth-order valence-electron chi connectivity index (χ4n) is 1.59. The van der Waals surface area contributed by atoms with E-state index < -0.39 is 10.8 Å². The number of nitro groups is 1. The van der Waals surface area contributed by atoms with Gasteiger partial charge in [0.05, 0.1) is 19.1 Å². The van der Waals surface area contributed by atoms with Crippen LogP contribution < -0.4 is 14.8 Å². The van der Waals surface area contributed by atoms with Crippen LogP contribution in [0.2, 0.25) is 0 Å². The van der Waals surface area contributed by atoms with Gasteiger partial charge in [0.15, 0.2) is 17.1 Å². The highest BCUT2D eigenvalue weighted by Crippen LogP contribution is 2.42. The van der Waals surface area contributed by atoms with E-state index in [9.17, 15) is 14.9 Å². The van der Waals surface area contributed by atoms with Gasteiger partial charge in [-0.2, -0.15) is 0 Å². The molecule has 0 fully saturated rings. The van der Waals surface area contributed by atoms with Crippen molar-refractivity contribution in [3.63, 3.8) is 0 Å². The van der Waals surface area contributed by atoms with Crippen molar-refractivity contribution in [1.82, 2.24) is 5.32 Å². The summed E-state index contributed by atoms with van der Waals surface area (Å²) in [6.07, 6.45) is 0. The molecular weight excluding hydrogens is 320 g/mol. The molecule has 1 aromatic carbocycles. The Kier molecular flexibility index (Phi) is 5.11. The van der Waals surface area contributed by atoms with Crippen LogP contribution in [0.5, 0.6) is 11.5 Å². The average molecular weight is 333 g/mol. The molecule has 104 valence electrons. The molecule has 19 heavy (non-hydrogen) atoms. The number of amides is 1. The molecule has 0 aliphatic carbocycles. The van der Waals surface area contributed by atoms with Gasteiger partial charge in [-0.25, -0.2) is 0 Å². The number of hydrogen-bond donors (Lipinski definition) is 1. The first-order valence-corrected chi connectivity index (χ1v) is 6.14. The third-order valence-corrected chi connectivity index (χ3v) is 2.95. The highest BCUT2D eigenvalue weighted by atomic mass is 79.9. The minimum Gasteiger partial charge on any atom is -0.493 e. The zero-order valence-electron chi connectivity index (χ0n) is 10.7. The lowest BCUT2D eigenvalue weighted by Gasteiger charge is -2.13. The van der Waals surface area contributed by atoms with Gasteiger partial charge in [0.1, 0.15) is 4.47 Å². The Bertz CT molecular complexity index is 518. The van der Waals surface area contributed by atoms with E-state index in [1.54, 1.807) is 6.92 Å². The topological polar surface area (TPSA) is 90.7 Å². The maximum atomic E-state index is 12.0.